The van der Waals surface area contributed by atoms with Crippen LogP contribution in [-0.2, 0) is 0 Å². The highest BCUT2D eigenvalue weighted by Gasteiger charge is 2.09. The Morgan fingerprint density at radius 3 is 2.67 bits per heavy atom. The molecule has 0 atom stereocenters. The fourth-order valence-electron chi connectivity index (χ4n) is 2.45. The lowest BCUT2D eigenvalue weighted by Gasteiger charge is -2.11. The standard InChI is InChI=1S/C20H19N5OS/c1-3-26-18-9-7-16(8-10-18)23-20(25-19(22)11-14(2)27-25)24-17-6-4-5-15(12-17)13-21/h4-12,22H,3H2,1-2H3,(H,23,24). The van der Waals surface area contributed by atoms with Gasteiger partial charge in [-0.25, -0.2) is 8.95 Å². The number of rotatable bonds is 4. The molecule has 0 aliphatic carbocycles. The minimum absolute atomic E-state index is 0.339. The van der Waals surface area contributed by atoms with Crippen LogP contribution in [0.2, 0.25) is 0 Å². The van der Waals surface area contributed by atoms with Crippen LogP contribution in [0.25, 0.3) is 0 Å². The van der Waals surface area contributed by atoms with E-state index < -0.39 is 0 Å². The second-order valence-corrected chi connectivity index (χ2v) is 6.90. The first-order valence-electron chi connectivity index (χ1n) is 8.42. The van der Waals surface area contributed by atoms with E-state index >= 15 is 0 Å². The van der Waals surface area contributed by atoms with Crippen LogP contribution in [0.5, 0.6) is 5.75 Å². The van der Waals surface area contributed by atoms with Crippen molar-refractivity contribution in [1.82, 2.24) is 3.96 Å². The van der Waals surface area contributed by atoms with Crippen LogP contribution in [0.1, 0.15) is 17.4 Å². The Hall–Kier alpha value is -3.37. The molecule has 136 valence electrons. The van der Waals surface area contributed by atoms with Gasteiger partial charge in [-0.3, -0.25) is 5.41 Å². The number of nitrogens with one attached hydrogen (secondary N) is 2. The number of nitrogens with zero attached hydrogens (tertiary/aromatic N) is 3. The number of nitriles is 1. The molecule has 0 unspecified atom stereocenters. The highest BCUT2D eigenvalue weighted by atomic mass is 32.1. The molecule has 27 heavy (non-hydrogen) atoms. The molecule has 0 saturated heterocycles. The molecule has 2 N–H and O–H groups in total. The average Bonchev–Trinajstić information content (AvgIpc) is 3.01. The van der Waals surface area contributed by atoms with E-state index in [1.54, 1.807) is 28.2 Å². The highest BCUT2D eigenvalue weighted by Crippen LogP contribution is 2.20. The number of aliphatic imine (C=N–C) groups is 1. The highest BCUT2D eigenvalue weighted by molar-refractivity contribution is 7.07. The first-order chi connectivity index (χ1) is 13.1. The van der Waals surface area contributed by atoms with E-state index in [9.17, 15) is 0 Å². The van der Waals surface area contributed by atoms with Gasteiger partial charge in [0.25, 0.3) is 0 Å². The maximum Gasteiger partial charge on any atom is 0.223 e. The number of hydrogen-bond acceptors (Lipinski definition) is 5. The summed E-state index contributed by atoms with van der Waals surface area (Å²) in [5.41, 5.74) is 2.36. The third-order valence-electron chi connectivity index (χ3n) is 3.62. The number of aromatic nitrogens is 1. The number of ether oxygens (including phenoxy) is 1. The average molecular weight is 377 g/mol. The summed E-state index contributed by atoms with van der Waals surface area (Å²) in [6.07, 6.45) is 0. The minimum Gasteiger partial charge on any atom is -0.494 e. The van der Waals surface area contributed by atoms with Crippen molar-refractivity contribution in [2.24, 2.45) is 4.99 Å². The molecule has 0 fully saturated rings. The molecular weight excluding hydrogens is 358 g/mol. The van der Waals surface area contributed by atoms with Crippen LogP contribution in [-0.4, -0.2) is 16.5 Å². The molecule has 1 aromatic heterocycles. The molecule has 0 aliphatic heterocycles. The molecule has 0 saturated carbocycles. The van der Waals surface area contributed by atoms with Crippen LogP contribution >= 0.6 is 11.5 Å². The van der Waals surface area contributed by atoms with E-state index in [1.165, 1.54) is 11.5 Å². The second kappa shape index (κ2) is 8.34. The van der Waals surface area contributed by atoms with Gasteiger partial charge in [-0.05, 0) is 62.4 Å². The Kier molecular flexibility index (Phi) is 5.69. The van der Waals surface area contributed by atoms with Crippen LogP contribution in [0.15, 0.2) is 59.6 Å². The summed E-state index contributed by atoms with van der Waals surface area (Å²) in [6, 6.07) is 18.5. The molecule has 7 heteroatoms. The van der Waals surface area contributed by atoms with E-state index in [1.807, 2.05) is 44.2 Å². The maximum atomic E-state index is 9.11. The van der Waals surface area contributed by atoms with Gasteiger partial charge in [0.05, 0.1) is 23.9 Å². The molecule has 0 spiro atoms. The van der Waals surface area contributed by atoms with Crippen LogP contribution in [0.4, 0.5) is 11.4 Å². The molecule has 2 aromatic carbocycles. The predicted molar refractivity (Wildman–Crippen MR) is 108 cm³/mol. The number of hydrogen-bond donors (Lipinski definition) is 2. The number of benzene rings is 2. The SMILES string of the molecule is CCOc1ccc(N=C(Nc2cccc(C#N)c2)n2sc(C)cc2=N)cc1. The maximum absolute atomic E-state index is 9.11. The fourth-order valence-corrected chi connectivity index (χ4v) is 3.23. The zero-order valence-corrected chi connectivity index (χ0v) is 15.9. The molecule has 0 aliphatic rings. The Balaban J connectivity index is 2.00. The predicted octanol–water partition coefficient (Wildman–Crippen LogP) is 4.26. The normalized spacial score (nSPS) is 11.1. The zero-order valence-electron chi connectivity index (χ0n) is 15.1. The number of aryl methyl sites for hydroxylation is 1. The Morgan fingerprint density at radius 2 is 2.04 bits per heavy atom. The fraction of sp³-hybridized carbons (Fsp3) is 0.150. The Bertz CT molecular complexity index is 1060. The third kappa shape index (κ3) is 4.63. The quantitative estimate of drug-likeness (QED) is 0.526. The van der Waals surface area contributed by atoms with E-state index in [0.717, 1.165) is 22.0 Å². The first kappa shape index (κ1) is 18.4. The zero-order chi connectivity index (χ0) is 19.2. The summed E-state index contributed by atoms with van der Waals surface area (Å²) in [5, 5.41) is 20.5. The van der Waals surface area contributed by atoms with Crippen molar-refractivity contribution in [3.05, 3.63) is 70.5 Å². The first-order valence-corrected chi connectivity index (χ1v) is 9.20. The van der Waals surface area contributed by atoms with Gasteiger partial charge in [-0.15, -0.1) is 0 Å². The summed E-state index contributed by atoms with van der Waals surface area (Å²) < 4.78 is 7.18. The smallest absolute Gasteiger partial charge is 0.223 e. The van der Waals surface area contributed by atoms with Gasteiger partial charge in [-0.2, -0.15) is 5.26 Å². The van der Waals surface area contributed by atoms with Crippen molar-refractivity contribution in [3.63, 3.8) is 0 Å². The van der Waals surface area contributed by atoms with E-state index in [4.69, 9.17) is 15.4 Å². The van der Waals surface area contributed by atoms with Crippen molar-refractivity contribution >= 4 is 28.9 Å². The number of anilines is 1. The minimum atomic E-state index is 0.339. The monoisotopic (exact) mass is 377 g/mol. The van der Waals surface area contributed by atoms with Crippen molar-refractivity contribution < 1.29 is 4.74 Å². The molecular formula is C20H19N5OS. The van der Waals surface area contributed by atoms with E-state index in [-0.39, 0.29) is 0 Å². The third-order valence-corrected chi connectivity index (χ3v) is 4.58. The van der Waals surface area contributed by atoms with Crippen LogP contribution in [0.3, 0.4) is 0 Å². The summed E-state index contributed by atoms with van der Waals surface area (Å²) in [5.74, 6) is 1.28. The lowest BCUT2D eigenvalue weighted by atomic mass is 10.2. The van der Waals surface area contributed by atoms with Crippen molar-refractivity contribution in [1.29, 1.82) is 10.7 Å². The van der Waals surface area contributed by atoms with Gasteiger partial charge in [-0.1, -0.05) is 17.6 Å². The molecule has 0 radical (unpaired) electrons. The van der Waals surface area contributed by atoms with Crippen LogP contribution < -0.4 is 15.5 Å². The van der Waals surface area contributed by atoms with Gasteiger partial charge in [0.1, 0.15) is 11.2 Å². The molecule has 6 nitrogen and oxygen atoms in total. The van der Waals surface area contributed by atoms with Gasteiger partial charge in [0.15, 0.2) is 0 Å². The van der Waals surface area contributed by atoms with Gasteiger partial charge in [0, 0.05) is 10.6 Å². The summed E-state index contributed by atoms with van der Waals surface area (Å²) in [4.78, 5) is 5.68. The van der Waals surface area contributed by atoms with E-state index in [0.29, 0.717) is 23.6 Å². The lowest BCUT2D eigenvalue weighted by molar-refractivity contribution is 0.340. The summed E-state index contributed by atoms with van der Waals surface area (Å²) >= 11 is 1.43. The largest absolute Gasteiger partial charge is 0.494 e. The summed E-state index contributed by atoms with van der Waals surface area (Å²) in [7, 11) is 0. The Labute approximate surface area is 161 Å². The van der Waals surface area contributed by atoms with E-state index in [2.05, 4.69) is 16.4 Å². The van der Waals surface area contributed by atoms with Crippen molar-refractivity contribution in [2.75, 3.05) is 11.9 Å². The topological polar surface area (TPSA) is 86.2 Å². The van der Waals surface area contributed by atoms with Crippen LogP contribution in [0, 0.1) is 23.7 Å². The van der Waals surface area contributed by atoms with Crippen molar-refractivity contribution in [3.8, 4) is 11.8 Å². The van der Waals surface area contributed by atoms with Crippen molar-refractivity contribution in [2.45, 2.75) is 13.8 Å². The van der Waals surface area contributed by atoms with Gasteiger partial charge >= 0.3 is 0 Å². The summed E-state index contributed by atoms with van der Waals surface area (Å²) in [6.45, 7) is 4.50. The van der Waals surface area contributed by atoms with Gasteiger partial charge < -0.3 is 10.1 Å². The molecule has 3 rings (SSSR count). The molecule has 0 amide bonds. The second-order valence-electron chi connectivity index (χ2n) is 5.71. The molecule has 1 heterocycles. The Morgan fingerprint density at radius 1 is 1.26 bits per heavy atom. The molecule has 3 aromatic rings. The molecule has 0 bridgehead atoms. The van der Waals surface area contributed by atoms with Gasteiger partial charge in [0.2, 0.25) is 5.96 Å². The lowest BCUT2D eigenvalue weighted by Crippen LogP contribution is -2.28.